The van der Waals surface area contributed by atoms with Gasteiger partial charge in [-0.3, -0.25) is 4.79 Å². The second-order valence-electron chi connectivity index (χ2n) is 7.79. The van der Waals surface area contributed by atoms with Crippen molar-refractivity contribution in [3.8, 4) is 11.3 Å². The average molecular weight is 473 g/mol. The number of allylic oxidation sites excluding steroid dienone is 3. The van der Waals surface area contributed by atoms with E-state index in [1.165, 1.54) is 18.3 Å². The van der Waals surface area contributed by atoms with Gasteiger partial charge in [0, 0.05) is 24.8 Å². The Morgan fingerprint density at radius 2 is 1.91 bits per heavy atom. The van der Waals surface area contributed by atoms with Crippen molar-refractivity contribution in [2.75, 3.05) is 24.6 Å². The molecule has 34 heavy (non-hydrogen) atoms. The van der Waals surface area contributed by atoms with E-state index in [0.717, 1.165) is 44.1 Å². The molecule has 0 radical (unpaired) electrons. The Labute approximate surface area is 196 Å². The number of nitrogens with zero attached hydrogens (tertiary/aromatic N) is 3. The third-order valence-corrected chi connectivity index (χ3v) is 5.41. The number of hydrogen-bond acceptors (Lipinski definition) is 6. The maximum Gasteiger partial charge on any atom is 0.419 e. The lowest BCUT2D eigenvalue weighted by Crippen LogP contribution is -2.33. The monoisotopic (exact) mass is 472 g/mol. The second-order valence-corrected chi connectivity index (χ2v) is 7.79. The number of amides is 1. The normalized spacial score (nSPS) is 15.2. The summed E-state index contributed by atoms with van der Waals surface area (Å²) in [7, 11) is 0. The molecule has 180 valence electrons. The first-order valence-electron chi connectivity index (χ1n) is 10.8. The van der Waals surface area contributed by atoms with Gasteiger partial charge < -0.3 is 21.7 Å². The van der Waals surface area contributed by atoms with Crippen LogP contribution in [0.15, 0.2) is 60.6 Å². The largest absolute Gasteiger partial charge is 0.419 e. The molecule has 0 saturated carbocycles. The van der Waals surface area contributed by atoms with E-state index in [2.05, 4.69) is 26.8 Å². The van der Waals surface area contributed by atoms with Gasteiger partial charge in [-0.15, -0.1) is 0 Å². The number of halogens is 3. The maximum absolute atomic E-state index is 13.2. The van der Waals surface area contributed by atoms with Crippen molar-refractivity contribution in [2.24, 2.45) is 0 Å². The number of pyridine rings is 2. The number of likely N-dealkylation sites (tertiary alicyclic amines) is 1. The lowest BCUT2D eigenvalue weighted by atomic mass is 10.1. The smallest absolute Gasteiger partial charge is 0.397 e. The van der Waals surface area contributed by atoms with Crippen LogP contribution in [0.5, 0.6) is 0 Å². The van der Waals surface area contributed by atoms with Crippen LogP contribution in [0.4, 0.5) is 24.7 Å². The van der Waals surface area contributed by atoms with Gasteiger partial charge in [-0.25, -0.2) is 9.97 Å². The van der Waals surface area contributed by atoms with Crippen LogP contribution in [-0.4, -0.2) is 33.9 Å². The van der Waals surface area contributed by atoms with Crippen LogP contribution in [0.1, 0.15) is 42.2 Å². The molecular formula is C24H27F3N6O. The van der Waals surface area contributed by atoms with Gasteiger partial charge in [-0.2, -0.15) is 13.2 Å². The SMILES string of the molecule is C=C/C(NC(=O)c1nc(-c2cnc(N)c(C(F)(F)F)c2)ccc1N)=C(\C=C/C)N1CCCCC1. The zero-order valence-corrected chi connectivity index (χ0v) is 18.8. The zero-order chi connectivity index (χ0) is 24.9. The quantitative estimate of drug-likeness (QED) is 0.534. The summed E-state index contributed by atoms with van der Waals surface area (Å²) >= 11 is 0. The van der Waals surface area contributed by atoms with Crippen LogP contribution >= 0.6 is 0 Å². The number of nitrogen functional groups attached to an aromatic ring is 2. The van der Waals surface area contributed by atoms with Crippen LogP contribution in [0, 0.1) is 0 Å². The molecule has 1 saturated heterocycles. The Balaban J connectivity index is 1.96. The predicted octanol–water partition coefficient (Wildman–Crippen LogP) is 4.52. The fourth-order valence-corrected chi connectivity index (χ4v) is 3.71. The predicted molar refractivity (Wildman–Crippen MR) is 126 cm³/mol. The molecule has 1 fully saturated rings. The van der Waals surface area contributed by atoms with Crippen molar-refractivity contribution in [1.29, 1.82) is 0 Å². The highest BCUT2D eigenvalue weighted by Gasteiger charge is 2.34. The highest BCUT2D eigenvalue weighted by atomic mass is 19.4. The molecule has 0 bridgehead atoms. The van der Waals surface area contributed by atoms with Crippen molar-refractivity contribution < 1.29 is 18.0 Å². The van der Waals surface area contributed by atoms with E-state index in [4.69, 9.17) is 11.5 Å². The average Bonchev–Trinajstić information content (AvgIpc) is 2.81. The fraction of sp³-hybridized carbons (Fsp3) is 0.292. The van der Waals surface area contributed by atoms with Crippen molar-refractivity contribution in [3.05, 3.63) is 71.9 Å². The molecule has 10 heteroatoms. The third-order valence-electron chi connectivity index (χ3n) is 5.41. The zero-order valence-electron chi connectivity index (χ0n) is 18.8. The second kappa shape index (κ2) is 10.4. The number of rotatable bonds is 6. The van der Waals surface area contributed by atoms with E-state index in [1.54, 1.807) is 6.08 Å². The summed E-state index contributed by atoms with van der Waals surface area (Å²) < 4.78 is 39.7. The summed E-state index contributed by atoms with van der Waals surface area (Å²) in [6.07, 6.45) is 5.05. The Hall–Kier alpha value is -3.82. The van der Waals surface area contributed by atoms with Gasteiger partial charge in [0.25, 0.3) is 5.91 Å². The first-order chi connectivity index (χ1) is 16.2. The molecule has 3 rings (SSSR count). The van der Waals surface area contributed by atoms with Crippen LogP contribution in [0.3, 0.4) is 0 Å². The van der Waals surface area contributed by atoms with Gasteiger partial charge in [0.2, 0.25) is 0 Å². The first kappa shape index (κ1) is 24.8. The molecule has 1 aliphatic heterocycles. The number of piperidine rings is 1. The number of carbonyl (C=O) groups is 1. The van der Waals surface area contributed by atoms with E-state index < -0.39 is 23.5 Å². The number of anilines is 2. The molecule has 0 atom stereocenters. The topological polar surface area (TPSA) is 110 Å². The van der Waals surface area contributed by atoms with E-state index in [0.29, 0.717) is 5.70 Å². The minimum atomic E-state index is -4.68. The van der Waals surface area contributed by atoms with Crippen molar-refractivity contribution >= 4 is 17.4 Å². The van der Waals surface area contributed by atoms with E-state index in [1.807, 2.05) is 19.1 Å². The molecule has 0 spiro atoms. The number of carbonyl (C=O) groups excluding carboxylic acids is 1. The molecular weight excluding hydrogens is 445 g/mol. The summed E-state index contributed by atoms with van der Waals surface area (Å²) in [4.78, 5) is 23.1. The highest BCUT2D eigenvalue weighted by Crippen LogP contribution is 2.35. The molecule has 2 aromatic heterocycles. The van der Waals surface area contributed by atoms with Crippen molar-refractivity contribution in [2.45, 2.75) is 32.4 Å². The third kappa shape index (κ3) is 5.56. The highest BCUT2D eigenvalue weighted by molar-refractivity contribution is 5.99. The number of nitrogens with one attached hydrogen (secondary N) is 1. The molecule has 0 aromatic carbocycles. The molecule has 7 nitrogen and oxygen atoms in total. The number of nitrogens with two attached hydrogens (primary N) is 2. The molecule has 0 aliphatic carbocycles. The molecule has 2 aromatic rings. The van der Waals surface area contributed by atoms with E-state index >= 15 is 0 Å². The summed E-state index contributed by atoms with van der Waals surface area (Å²) in [6.45, 7) is 7.41. The minimum absolute atomic E-state index is 0.0537. The van der Waals surface area contributed by atoms with Gasteiger partial charge in [0.15, 0.2) is 5.69 Å². The molecule has 0 unspecified atom stereocenters. The summed E-state index contributed by atoms with van der Waals surface area (Å²) in [5, 5.41) is 2.80. The Morgan fingerprint density at radius 3 is 2.53 bits per heavy atom. The van der Waals surface area contributed by atoms with Gasteiger partial charge in [-0.1, -0.05) is 12.7 Å². The summed E-state index contributed by atoms with van der Waals surface area (Å²) in [5.41, 5.74) is 11.7. The van der Waals surface area contributed by atoms with Gasteiger partial charge in [0.05, 0.1) is 28.3 Å². The standard InChI is InChI=1S/C24H27F3N6O/c1-3-8-20(33-11-6-5-7-12-33)18(4-2)32-23(34)21-17(28)9-10-19(31-21)15-13-16(24(25,26)27)22(29)30-14-15/h3-4,8-10,13-14H,2,5-7,11-12,28H2,1H3,(H2,29,30)(H,32,34)/b8-3-,20-18-. The van der Waals surface area contributed by atoms with Crippen LogP contribution < -0.4 is 16.8 Å². The Morgan fingerprint density at radius 1 is 1.21 bits per heavy atom. The molecule has 5 N–H and O–H groups in total. The Bertz CT molecular complexity index is 1130. The number of hydrogen-bond donors (Lipinski definition) is 3. The van der Waals surface area contributed by atoms with E-state index in [9.17, 15) is 18.0 Å². The number of aromatic nitrogens is 2. The molecule has 3 heterocycles. The molecule has 1 amide bonds. The molecule has 1 aliphatic rings. The lowest BCUT2D eigenvalue weighted by molar-refractivity contribution is -0.137. The summed E-state index contributed by atoms with van der Waals surface area (Å²) in [5.74, 6) is -1.24. The fourth-order valence-electron chi connectivity index (χ4n) is 3.71. The van der Waals surface area contributed by atoms with Crippen LogP contribution in [0.2, 0.25) is 0 Å². The van der Waals surface area contributed by atoms with Crippen LogP contribution in [-0.2, 0) is 6.18 Å². The van der Waals surface area contributed by atoms with Gasteiger partial charge in [-0.05, 0) is 56.5 Å². The minimum Gasteiger partial charge on any atom is -0.397 e. The summed E-state index contributed by atoms with van der Waals surface area (Å²) in [6, 6.07) is 3.68. The van der Waals surface area contributed by atoms with Gasteiger partial charge >= 0.3 is 6.18 Å². The Kier molecular flexibility index (Phi) is 7.60. The van der Waals surface area contributed by atoms with Crippen LogP contribution in [0.25, 0.3) is 11.3 Å². The first-order valence-corrected chi connectivity index (χ1v) is 10.8. The van der Waals surface area contributed by atoms with E-state index in [-0.39, 0.29) is 22.6 Å². The maximum atomic E-state index is 13.2. The van der Waals surface area contributed by atoms with Crippen molar-refractivity contribution in [3.63, 3.8) is 0 Å². The lowest BCUT2D eigenvalue weighted by Gasteiger charge is -2.31. The van der Waals surface area contributed by atoms with Crippen molar-refractivity contribution in [1.82, 2.24) is 20.2 Å². The van der Waals surface area contributed by atoms with Gasteiger partial charge in [0.1, 0.15) is 5.82 Å². The number of alkyl halides is 3.